The van der Waals surface area contributed by atoms with Crippen molar-refractivity contribution in [3.63, 3.8) is 0 Å². The molecule has 2 heteroatoms. The average Bonchev–Trinajstić information content (AvgIpc) is 2.45. The number of benzene rings is 1. The van der Waals surface area contributed by atoms with Crippen LogP contribution in [0.4, 0.5) is 0 Å². The molecule has 11 heavy (non-hydrogen) atoms. The molecule has 0 spiro atoms. The molecule has 1 aliphatic rings. The summed E-state index contributed by atoms with van der Waals surface area (Å²) in [6.45, 7) is 2.79. The molecule has 58 valence electrons. The van der Waals surface area contributed by atoms with Gasteiger partial charge in [0, 0.05) is 12.0 Å². The standard InChI is InChI=1S/C9H9ClO/c1-6-2-3-8-7(9(6)10)4-5-11-8/h2-3H,4-5H2,1H3. The van der Waals surface area contributed by atoms with Crippen LogP contribution in [0, 0.1) is 6.92 Å². The molecule has 1 heterocycles. The van der Waals surface area contributed by atoms with Gasteiger partial charge >= 0.3 is 0 Å². The highest BCUT2D eigenvalue weighted by Gasteiger charge is 2.15. The number of fused-ring (bicyclic) bond motifs is 1. The molecule has 0 unspecified atom stereocenters. The third-order valence-corrected chi connectivity index (χ3v) is 2.53. The second-order valence-corrected chi connectivity index (χ2v) is 3.15. The van der Waals surface area contributed by atoms with E-state index in [1.807, 2.05) is 19.1 Å². The molecule has 0 amide bonds. The molecule has 1 nitrogen and oxygen atoms in total. The second kappa shape index (κ2) is 2.42. The Labute approximate surface area is 70.9 Å². The Balaban J connectivity index is 2.62. The lowest BCUT2D eigenvalue weighted by Gasteiger charge is -2.02. The summed E-state index contributed by atoms with van der Waals surface area (Å²) in [5.74, 6) is 0.959. The number of ether oxygens (including phenoxy) is 1. The fraction of sp³-hybridized carbons (Fsp3) is 0.333. The van der Waals surface area contributed by atoms with Crippen LogP contribution in [-0.2, 0) is 6.42 Å². The predicted molar refractivity (Wildman–Crippen MR) is 45.4 cm³/mol. The van der Waals surface area contributed by atoms with Crippen molar-refractivity contribution in [1.82, 2.24) is 0 Å². The van der Waals surface area contributed by atoms with Gasteiger partial charge in [0.05, 0.1) is 11.6 Å². The first-order valence-corrected chi connectivity index (χ1v) is 4.07. The molecule has 0 fully saturated rings. The topological polar surface area (TPSA) is 9.23 Å². The molecule has 0 saturated carbocycles. The molecule has 0 saturated heterocycles. The maximum Gasteiger partial charge on any atom is 0.124 e. The van der Waals surface area contributed by atoms with Crippen LogP contribution in [0.3, 0.4) is 0 Å². The molecule has 0 bridgehead atoms. The van der Waals surface area contributed by atoms with Crippen molar-refractivity contribution in [2.24, 2.45) is 0 Å². The minimum atomic E-state index is 0.776. The predicted octanol–water partition coefficient (Wildman–Crippen LogP) is 2.58. The zero-order valence-electron chi connectivity index (χ0n) is 6.36. The molecule has 0 atom stereocenters. The van der Waals surface area contributed by atoms with Gasteiger partial charge in [0.1, 0.15) is 5.75 Å². The molecular formula is C9H9ClO. The van der Waals surface area contributed by atoms with Crippen LogP contribution in [-0.4, -0.2) is 6.61 Å². The number of halogens is 1. The van der Waals surface area contributed by atoms with E-state index in [9.17, 15) is 0 Å². The van der Waals surface area contributed by atoms with Crippen molar-refractivity contribution in [3.05, 3.63) is 28.3 Å². The minimum Gasteiger partial charge on any atom is -0.493 e. The highest BCUT2D eigenvalue weighted by molar-refractivity contribution is 6.32. The van der Waals surface area contributed by atoms with Gasteiger partial charge in [-0.2, -0.15) is 0 Å². The Morgan fingerprint density at radius 2 is 2.27 bits per heavy atom. The van der Waals surface area contributed by atoms with Crippen molar-refractivity contribution in [2.45, 2.75) is 13.3 Å². The fourth-order valence-corrected chi connectivity index (χ4v) is 1.60. The number of hydrogen-bond donors (Lipinski definition) is 0. The highest BCUT2D eigenvalue weighted by Crippen LogP contribution is 2.33. The monoisotopic (exact) mass is 168 g/mol. The normalized spacial score (nSPS) is 14.4. The van der Waals surface area contributed by atoms with Gasteiger partial charge in [-0.1, -0.05) is 17.7 Å². The van der Waals surface area contributed by atoms with Crippen molar-refractivity contribution in [2.75, 3.05) is 6.61 Å². The van der Waals surface area contributed by atoms with Crippen LogP contribution in [0.15, 0.2) is 12.1 Å². The number of hydrogen-bond acceptors (Lipinski definition) is 1. The van der Waals surface area contributed by atoms with Gasteiger partial charge in [0.2, 0.25) is 0 Å². The summed E-state index contributed by atoms with van der Waals surface area (Å²) in [4.78, 5) is 0. The van der Waals surface area contributed by atoms with Crippen molar-refractivity contribution in [3.8, 4) is 5.75 Å². The summed E-state index contributed by atoms with van der Waals surface area (Å²) >= 11 is 6.06. The van der Waals surface area contributed by atoms with Crippen LogP contribution < -0.4 is 4.74 Å². The second-order valence-electron chi connectivity index (χ2n) is 2.77. The Hall–Kier alpha value is -0.690. The zero-order valence-corrected chi connectivity index (χ0v) is 7.11. The lowest BCUT2D eigenvalue weighted by Crippen LogP contribution is -1.85. The van der Waals surface area contributed by atoms with Gasteiger partial charge in [0.25, 0.3) is 0 Å². The van der Waals surface area contributed by atoms with E-state index in [4.69, 9.17) is 16.3 Å². The van der Waals surface area contributed by atoms with Crippen molar-refractivity contribution in [1.29, 1.82) is 0 Å². The van der Waals surface area contributed by atoms with E-state index >= 15 is 0 Å². The molecule has 1 aromatic rings. The number of rotatable bonds is 0. The average molecular weight is 169 g/mol. The van der Waals surface area contributed by atoms with Crippen molar-refractivity contribution < 1.29 is 4.74 Å². The smallest absolute Gasteiger partial charge is 0.124 e. The third-order valence-electron chi connectivity index (χ3n) is 2.00. The first-order valence-electron chi connectivity index (χ1n) is 3.70. The van der Waals surface area contributed by atoms with Gasteiger partial charge in [-0.3, -0.25) is 0 Å². The molecule has 0 radical (unpaired) electrons. The summed E-state index contributed by atoms with van der Waals surface area (Å²) in [6, 6.07) is 3.98. The van der Waals surface area contributed by atoms with Gasteiger partial charge in [0.15, 0.2) is 0 Å². The van der Waals surface area contributed by atoms with Crippen LogP contribution in [0.2, 0.25) is 5.02 Å². The van der Waals surface area contributed by atoms with E-state index < -0.39 is 0 Å². The lowest BCUT2D eigenvalue weighted by atomic mass is 10.1. The first kappa shape index (κ1) is 6.99. The van der Waals surface area contributed by atoms with Gasteiger partial charge in [-0.05, 0) is 18.6 Å². The molecule has 0 aliphatic carbocycles. The van der Waals surface area contributed by atoms with E-state index in [0.29, 0.717) is 0 Å². The molecule has 0 N–H and O–H groups in total. The van der Waals surface area contributed by atoms with Crippen LogP contribution in [0.1, 0.15) is 11.1 Å². The molecule has 0 aromatic heterocycles. The zero-order chi connectivity index (χ0) is 7.84. The van der Waals surface area contributed by atoms with E-state index in [0.717, 1.165) is 29.4 Å². The quantitative estimate of drug-likeness (QED) is 0.579. The number of aryl methyl sites for hydroxylation is 1. The Bertz CT molecular complexity index is 294. The van der Waals surface area contributed by atoms with Gasteiger partial charge < -0.3 is 4.74 Å². The Kier molecular flexibility index (Phi) is 1.53. The first-order chi connectivity index (χ1) is 5.29. The summed E-state index contributed by atoms with van der Waals surface area (Å²) in [5, 5.41) is 0.875. The van der Waals surface area contributed by atoms with E-state index in [2.05, 4.69) is 0 Å². The van der Waals surface area contributed by atoms with E-state index in [-0.39, 0.29) is 0 Å². The van der Waals surface area contributed by atoms with E-state index in [1.165, 1.54) is 5.56 Å². The van der Waals surface area contributed by atoms with Crippen LogP contribution >= 0.6 is 11.6 Å². The third kappa shape index (κ3) is 1.000. The Morgan fingerprint density at radius 3 is 3.09 bits per heavy atom. The molecule has 2 rings (SSSR count). The maximum atomic E-state index is 6.06. The van der Waals surface area contributed by atoms with Crippen LogP contribution in [0.25, 0.3) is 0 Å². The van der Waals surface area contributed by atoms with Gasteiger partial charge in [-0.25, -0.2) is 0 Å². The molecule has 1 aromatic carbocycles. The molecular weight excluding hydrogens is 160 g/mol. The SMILES string of the molecule is Cc1ccc2c(c1Cl)CCO2. The molecule has 1 aliphatic heterocycles. The summed E-state index contributed by atoms with van der Waals surface area (Å²) in [5.41, 5.74) is 2.31. The van der Waals surface area contributed by atoms with Crippen LogP contribution in [0.5, 0.6) is 5.75 Å². The highest BCUT2D eigenvalue weighted by atomic mass is 35.5. The maximum absolute atomic E-state index is 6.06. The van der Waals surface area contributed by atoms with Crippen molar-refractivity contribution >= 4 is 11.6 Å². The fourth-order valence-electron chi connectivity index (χ4n) is 1.35. The largest absolute Gasteiger partial charge is 0.493 e. The minimum absolute atomic E-state index is 0.776. The lowest BCUT2D eigenvalue weighted by molar-refractivity contribution is 0.357. The summed E-state index contributed by atoms with van der Waals surface area (Å²) < 4.78 is 5.35. The van der Waals surface area contributed by atoms with Gasteiger partial charge in [-0.15, -0.1) is 0 Å². The summed E-state index contributed by atoms with van der Waals surface area (Å²) in [7, 11) is 0. The Morgan fingerprint density at radius 1 is 1.45 bits per heavy atom. The van der Waals surface area contributed by atoms with E-state index in [1.54, 1.807) is 0 Å². The summed E-state index contributed by atoms with van der Waals surface area (Å²) in [6.07, 6.45) is 0.954.